The van der Waals surface area contributed by atoms with Gasteiger partial charge in [0, 0.05) is 38.4 Å². The van der Waals surface area contributed by atoms with Crippen LogP contribution in [0.4, 0.5) is 0 Å². The molecular weight excluding hydrogens is 433 g/mol. The van der Waals surface area contributed by atoms with Gasteiger partial charge in [0.2, 0.25) is 0 Å². The highest BCUT2D eigenvalue weighted by Gasteiger charge is 2.28. The predicted octanol–water partition coefficient (Wildman–Crippen LogP) is 1.35. The summed E-state index contributed by atoms with van der Waals surface area (Å²) in [5, 5.41) is 6.66. The van der Waals surface area contributed by atoms with Gasteiger partial charge in [-0.05, 0) is 26.0 Å². The standard InChI is InChI=1S/C17H29N5O2.HI/c1-17(2,22-8-11-23-12-9-22)14-21-16(18-3)20-7-10-24-15-5-4-6-19-13-15;/h4-6,13H,7-12,14H2,1-3H3,(H2,18,20,21);1H. The molecule has 0 atom stereocenters. The van der Waals surface area contributed by atoms with Crippen molar-refractivity contribution in [1.82, 2.24) is 20.5 Å². The van der Waals surface area contributed by atoms with E-state index in [1.165, 1.54) is 0 Å². The number of aromatic nitrogens is 1. The lowest BCUT2D eigenvalue weighted by molar-refractivity contribution is -0.00834. The second-order valence-electron chi connectivity index (χ2n) is 6.30. The molecule has 2 N–H and O–H groups in total. The molecule has 2 rings (SSSR count). The Kier molecular flexibility index (Phi) is 10.1. The highest BCUT2D eigenvalue weighted by molar-refractivity contribution is 14.0. The Hall–Kier alpha value is -1.13. The Balaban J connectivity index is 0.00000312. The lowest BCUT2D eigenvalue weighted by Gasteiger charge is -2.41. The average molecular weight is 463 g/mol. The number of pyridine rings is 1. The Labute approximate surface area is 167 Å². The number of hydrogen-bond acceptors (Lipinski definition) is 5. The van der Waals surface area contributed by atoms with E-state index in [4.69, 9.17) is 9.47 Å². The fourth-order valence-corrected chi connectivity index (χ4v) is 2.57. The van der Waals surface area contributed by atoms with E-state index in [0.29, 0.717) is 13.2 Å². The third kappa shape index (κ3) is 7.74. The minimum absolute atomic E-state index is 0. The van der Waals surface area contributed by atoms with Crippen molar-refractivity contribution in [3.8, 4) is 5.75 Å². The smallest absolute Gasteiger partial charge is 0.191 e. The van der Waals surface area contributed by atoms with Gasteiger partial charge in [-0.25, -0.2) is 0 Å². The van der Waals surface area contributed by atoms with Gasteiger partial charge >= 0.3 is 0 Å². The lowest BCUT2D eigenvalue weighted by atomic mass is 10.0. The second-order valence-corrected chi connectivity index (χ2v) is 6.30. The minimum Gasteiger partial charge on any atom is -0.490 e. The predicted molar refractivity (Wildman–Crippen MR) is 111 cm³/mol. The van der Waals surface area contributed by atoms with Gasteiger partial charge in [-0.2, -0.15) is 0 Å². The van der Waals surface area contributed by atoms with Crippen molar-refractivity contribution in [2.75, 3.05) is 53.0 Å². The van der Waals surface area contributed by atoms with E-state index >= 15 is 0 Å². The fourth-order valence-electron chi connectivity index (χ4n) is 2.57. The minimum atomic E-state index is 0. The highest BCUT2D eigenvalue weighted by Crippen LogP contribution is 2.14. The van der Waals surface area contributed by atoms with Crippen molar-refractivity contribution in [3.63, 3.8) is 0 Å². The van der Waals surface area contributed by atoms with Crippen LogP contribution in [0.2, 0.25) is 0 Å². The number of aliphatic imine (C=N–C) groups is 1. The number of nitrogens with one attached hydrogen (secondary N) is 2. The van der Waals surface area contributed by atoms with Gasteiger partial charge in [-0.3, -0.25) is 14.9 Å². The van der Waals surface area contributed by atoms with Crippen LogP contribution >= 0.6 is 24.0 Å². The Morgan fingerprint density at radius 1 is 1.36 bits per heavy atom. The summed E-state index contributed by atoms with van der Waals surface area (Å²) < 4.78 is 11.0. The molecule has 7 nitrogen and oxygen atoms in total. The van der Waals surface area contributed by atoms with Gasteiger partial charge in [-0.15, -0.1) is 24.0 Å². The molecule has 142 valence electrons. The first kappa shape index (κ1) is 21.9. The van der Waals surface area contributed by atoms with Crippen LogP contribution in [0.25, 0.3) is 0 Å². The zero-order valence-electron chi connectivity index (χ0n) is 15.3. The third-order valence-corrected chi connectivity index (χ3v) is 4.08. The lowest BCUT2D eigenvalue weighted by Crippen LogP contribution is -2.56. The zero-order chi connectivity index (χ0) is 17.3. The summed E-state index contributed by atoms with van der Waals surface area (Å²) in [4.78, 5) is 10.7. The van der Waals surface area contributed by atoms with Gasteiger partial charge in [0.05, 0.1) is 26.0 Å². The van der Waals surface area contributed by atoms with E-state index in [1.807, 2.05) is 12.1 Å². The molecule has 1 saturated heterocycles. The van der Waals surface area contributed by atoms with Crippen LogP contribution in [-0.2, 0) is 4.74 Å². The number of guanidine groups is 1. The maximum absolute atomic E-state index is 5.61. The number of rotatable bonds is 7. The van der Waals surface area contributed by atoms with E-state index in [0.717, 1.165) is 44.6 Å². The molecule has 1 aromatic rings. The van der Waals surface area contributed by atoms with Crippen LogP contribution in [0, 0.1) is 0 Å². The SMILES string of the molecule is CN=C(NCCOc1cccnc1)NCC(C)(C)N1CCOCC1.I. The van der Waals surface area contributed by atoms with Crippen LogP contribution in [-0.4, -0.2) is 74.4 Å². The van der Waals surface area contributed by atoms with Crippen molar-refractivity contribution in [2.24, 2.45) is 4.99 Å². The zero-order valence-corrected chi connectivity index (χ0v) is 17.7. The molecule has 1 aromatic heterocycles. The van der Waals surface area contributed by atoms with Crippen LogP contribution in [0.1, 0.15) is 13.8 Å². The van der Waals surface area contributed by atoms with Crippen LogP contribution in [0.15, 0.2) is 29.5 Å². The van der Waals surface area contributed by atoms with E-state index < -0.39 is 0 Å². The molecule has 0 aliphatic carbocycles. The Bertz CT molecular complexity index is 507. The van der Waals surface area contributed by atoms with Crippen LogP contribution < -0.4 is 15.4 Å². The molecule has 1 aliphatic heterocycles. The quantitative estimate of drug-likeness (QED) is 0.276. The van der Waals surface area contributed by atoms with Crippen LogP contribution in [0.5, 0.6) is 5.75 Å². The molecule has 1 aliphatic rings. The van der Waals surface area contributed by atoms with E-state index in [1.54, 1.807) is 19.4 Å². The second kappa shape index (κ2) is 11.5. The largest absolute Gasteiger partial charge is 0.490 e. The van der Waals surface area contributed by atoms with Crippen LogP contribution in [0.3, 0.4) is 0 Å². The maximum atomic E-state index is 5.61. The summed E-state index contributed by atoms with van der Waals surface area (Å²) in [6.45, 7) is 10.1. The van der Waals surface area contributed by atoms with E-state index in [-0.39, 0.29) is 29.5 Å². The number of hydrogen-bond donors (Lipinski definition) is 2. The summed E-state index contributed by atoms with van der Waals surface area (Å²) in [5.74, 6) is 1.56. The van der Waals surface area contributed by atoms with Crippen molar-refractivity contribution in [3.05, 3.63) is 24.5 Å². The number of ether oxygens (including phenoxy) is 2. The summed E-state index contributed by atoms with van der Waals surface area (Å²) in [6.07, 6.45) is 3.44. The topological polar surface area (TPSA) is 71.0 Å². The van der Waals surface area contributed by atoms with Gasteiger partial charge in [-0.1, -0.05) is 0 Å². The van der Waals surface area contributed by atoms with Gasteiger partial charge in [0.1, 0.15) is 12.4 Å². The first-order valence-electron chi connectivity index (χ1n) is 8.42. The van der Waals surface area contributed by atoms with Gasteiger partial charge in [0.15, 0.2) is 5.96 Å². The number of morpholine rings is 1. The molecule has 0 spiro atoms. The molecule has 2 heterocycles. The average Bonchev–Trinajstić information content (AvgIpc) is 2.63. The Morgan fingerprint density at radius 2 is 2.12 bits per heavy atom. The molecular formula is C17H30IN5O2. The molecule has 0 amide bonds. The van der Waals surface area contributed by atoms with Crippen molar-refractivity contribution < 1.29 is 9.47 Å². The van der Waals surface area contributed by atoms with Crippen molar-refractivity contribution >= 4 is 29.9 Å². The molecule has 0 unspecified atom stereocenters. The van der Waals surface area contributed by atoms with Crippen molar-refractivity contribution in [2.45, 2.75) is 19.4 Å². The number of halogens is 1. The van der Waals surface area contributed by atoms with E-state index in [9.17, 15) is 0 Å². The summed E-state index contributed by atoms with van der Waals surface area (Å²) in [7, 11) is 1.78. The third-order valence-electron chi connectivity index (χ3n) is 4.08. The molecule has 0 bridgehead atoms. The summed E-state index contributed by atoms with van der Waals surface area (Å²) >= 11 is 0. The molecule has 0 aromatic carbocycles. The highest BCUT2D eigenvalue weighted by atomic mass is 127. The molecule has 1 fully saturated rings. The maximum Gasteiger partial charge on any atom is 0.191 e. The van der Waals surface area contributed by atoms with E-state index in [2.05, 4.69) is 39.4 Å². The summed E-state index contributed by atoms with van der Waals surface area (Å²) in [5.41, 5.74) is 0.0492. The normalized spacial score (nSPS) is 16.0. The number of nitrogens with zero attached hydrogens (tertiary/aromatic N) is 3. The first-order valence-corrected chi connectivity index (χ1v) is 8.42. The summed E-state index contributed by atoms with van der Waals surface area (Å²) in [6, 6.07) is 3.75. The molecule has 25 heavy (non-hydrogen) atoms. The van der Waals surface area contributed by atoms with Gasteiger partial charge < -0.3 is 20.1 Å². The molecule has 0 saturated carbocycles. The fraction of sp³-hybridized carbons (Fsp3) is 0.647. The molecule has 8 heteroatoms. The van der Waals surface area contributed by atoms with Crippen molar-refractivity contribution in [1.29, 1.82) is 0 Å². The monoisotopic (exact) mass is 463 g/mol. The first-order chi connectivity index (χ1) is 11.6. The van der Waals surface area contributed by atoms with Gasteiger partial charge in [0.25, 0.3) is 0 Å². The Morgan fingerprint density at radius 3 is 2.76 bits per heavy atom. The molecule has 0 radical (unpaired) electrons.